The monoisotopic (exact) mass is 336 g/mol. The molecule has 0 unspecified atom stereocenters. The quantitative estimate of drug-likeness (QED) is 0.682. The summed E-state index contributed by atoms with van der Waals surface area (Å²) in [5.41, 5.74) is 2.72. The van der Waals surface area contributed by atoms with Crippen molar-refractivity contribution in [3.63, 3.8) is 0 Å². The van der Waals surface area contributed by atoms with Crippen molar-refractivity contribution >= 4 is 29.0 Å². The van der Waals surface area contributed by atoms with Gasteiger partial charge in [-0.15, -0.1) is 0 Å². The number of urea groups is 1. The highest BCUT2D eigenvalue weighted by atomic mass is 16.2. The lowest BCUT2D eigenvalue weighted by Crippen LogP contribution is -2.19. The molecule has 0 aliphatic heterocycles. The Morgan fingerprint density at radius 1 is 0.760 bits per heavy atom. The summed E-state index contributed by atoms with van der Waals surface area (Å²) in [6.45, 7) is 1.44. The van der Waals surface area contributed by atoms with Crippen LogP contribution in [0.1, 0.15) is 6.92 Å². The third-order valence-corrected chi connectivity index (χ3v) is 3.24. The summed E-state index contributed by atoms with van der Waals surface area (Å²) in [7, 11) is 0. The van der Waals surface area contributed by atoms with E-state index < -0.39 is 0 Å². The van der Waals surface area contributed by atoms with E-state index in [-0.39, 0.29) is 11.9 Å². The molecule has 2 aromatic carbocycles. The molecule has 0 saturated carbocycles. The second-order valence-electron chi connectivity index (χ2n) is 5.20. The second kappa shape index (κ2) is 7.26. The highest BCUT2D eigenvalue weighted by Gasteiger charge is 2.04. The number of carbonyl (C=O) groups excluding carboxylic acids is 2. The van der Waals surface area contributed by atoms with E-state index in [1.165, 1.54) is 11.7 Å². The van der Waals surface area contributed by atoms with Gasteiger partial charge in [0.05, 0.1) is 18.1 Å². The number of hydrogen-bond acceptors (Lipinski definition) is 4. The summed E-state index contributed by atoms with van der Waals surface area (Å²) in [6, 6.07) is 13.6. The van der Waals surface area contributed by atoms with Crippen molar-refractivity contribution in [3.8, 4) is 5.69 Å². The number of amides is 3. The van der Waals surface area contributed by atoms with Crippen molar-refractivity contribution in [2.75, 3.05) is 16.0 Å². The fourth-order valence-electron chi connectivity index (χ4n) is 2.16. The standard InChI is InChI=1S/C17H16N6O2/c1-12(24)20-13-2-4-14(5-3-13)21-17(25)22-15-6-8-16(9-7-15)23-18-10-11-19-23/h2-11H,1H3,(H,20,24)(H2,21,22,25). The Morgan fingerprint density at radius 3 is 1.68 bits per heavy atom. The van der Waals surface area contributed by atoms with Gasteiger partial charge >= 0.3 is 6.03 Å². The molecule has 0 aliphatic rings. The lowest BCUT2D eigenvalue weighted by molar-refractivity contribution is -0.114. The maximum Gasteiger partial charge on any atom is 0.323 e. The zero-order valence-corrected chi connectivity index (χ0v) is 13.4. The molecule has 0 saturated heterocycles. The maximum absolute atomic E-state index is 12.0. The smallest absolute Gasteiger partial charge is 0.323 e. The summed E-state index contributed by atoms with van der Waals surface area (Å²) in [5.74, 6) is -0.146. The third kappa shape index (κ3) is 4.41. The number of rotatable bonds is 4. The van der Waals surface area contributed by atoms with Crippen LogP contribution in [-0.2, 0) is 4.79 Å². The van der Waals surface area contributed by atoms with E-state index in [4.69, 9.17) is 0 Å². The molecule has 126 valence electrons. The van der Waals surface area contributed by atoms with Crippen molar-refractivity contribution < 1.29 is 9.59 Å². The summed E-state index contributed by atoms with van der Waals surface area (Å²) in [5, 5.41) is 16.2. The fraction of sp³-hybridized carbons (Fsp3) is 0.0588. The summed E-state index contributed by atoms with van der Waals surface area (Å²) in [4.78, 5) is 24.5. The summed E-state index contributed by atoms with van der Waals surface area (Å²) in [6.07, 6.45) is 3.19. The number of anilines is 3. The molecule has 8 nitrogen and oxygen atoms in total. The summed E-state index contributed by atoms with van der Waals surface area (Å²) >= 11 is 0. The molecule has 0 radical (unpaired) electrons. The minimum absolute atomic E-state index is 0.146. The van der Waals surface area contributed by atoms with Crippen molar-refractivity contribution in [2.24, 2.45) is 0 Å². The Morgan fingerprint density at radius 2 is 1.20 bits per heavy atom. The highest BCUT2D eigenvalue weighted by molar-refractivity contribution is 6.00. The number of nitrogens with zero attached hydrogens (tertiary/aromatic N) is 3. The average Bonchev–Trinajstić information content (AvgIpc) is 3.11. The molecule has 3 rings (SSSR count). The van der Waals surface area contributed by atoms with Crippen molar-refractivity contribution in [2.45, 2.75) is 6.92 Å². The van der Waals surface area contributed by atoms with Gasteiger partial charge in [0.15, 0.2) is 0 Å². The first-order valence-corrected chi connectivity index (χ1v) is 7.52. The Bertz CT molecular complexity index is 857. The number of aromatic nitrogens is 3. The number of nitrogens with one attached hydrogen (secondary N) is 3. The molecule has 0 atom stereocenters. The molecule has 1 aromatic heterocycles. The Kier molecular flexibility index (Phi) is 4.70. The molecule has 8 heteroatoms. The maximum atomic E-state index is 12.0. The first kappa shape index (κ1) is 16.2. The topological polar surface area (TPSA) is 101 Å². The first-order chi connectivity index (χ1) is 12.1. The molecular weight excluding hydrogens is 320 g/mol. The van der Waals surface area contributed by atoms with Crippen LogP contribution in [0.4, 0.5) is 21.9 Å². The lowest BCUT2D eigenvalue weighted by Gasteiger charge is -2.09. The molecule has 0 aliphatic carbocycles. The van der Waals surface area contributed by atoms with Crippen molar-refractivity contribution in [1.82, 2.24) is 15.0 Å². The van der Waals surface area contributed by atoms with Crippen LogP contribution in [-0.4, -0.2) is 26.9 Å². The van der Waals surface area contributed by atoms with Gasteiger partial charge in [0, 0.05) is 24.0 Å². The van der Waals surface area contributed by atoms with Gasteiger partial charge in [0.25, 0.3) is 0 Å². The van der Waals surface area contributed by atoms with Gasteiger partial charge in [0.1, 0.15) is 0 Å². The minimum Gasteiger partial charge on any atom is -0.326 e. The molecule has 3 N–H and O–H groups in total. The Labute approximate surface area is 143 Å². The second-order valence-corrected chi connectivity index (χ2v) is 5.20. The van der Waals surface area contributed by atoms with Crippen LogP contribution < -0.4 is 16.0 Å². The van der Waals surface area contributed by atoms with E-state index in [1.807, 2.05) is 0 Å². The Balaban J connectivity index is 1.58. The average molecular weight is 336 g/mol. The zero-order valence-electron chi connectivity index (χ0n) is 13.4. The van der Waals surface area contributed by atoms with E-state index in [2.05, 4.69) is 26.1 Å². The first-order valence-electron chi connectivity index (χ1n) is 7.52. The molecule has 0 bridgehead atoms. The van der Waals surface area contributed by atoms with Gasteiger partial charge in [-0.05, 0) is 48.5 Å². The molecule has 0 spiro atoms. The van der Waals surface area contributed by atoms with E-state index in [0.717, 1.165) is 5.69 Å². The van der Waals surface area contributed by atoms with Gasteiger partial charge in [-0.25, -0.2) is 4.79 Å². The van der Waals surface area contributed by atoms with Crippen LogP contribution in [0.25, 0.3) is 5.69 Å². The largest absolute Gasteiger partial charge is 0.326 e. The molecule has 3 aromatic rings. The zero-order chi connectivity index (χ0) is 17.6. The number of hydrogen-bond donors (Lipinski definition) is 3. The molecular formula is C17H16N6O2. The van der Waals surface area contributed by atoms with E-state index in [9.17, 15) is 9.59 Å². The predicted molar refractivity (Wildman–Crippen MR) is 94.7 cm³/mol. The third-order valence-electron chi connectivity index (χ3n) is 3.24. The SMILES string of the molecule is CC(=O)Nc1ccc(NC(=O)Nc2ccc(-n3nccn3)cc2)cc1. The van der Waals surface area contributed by atoms with Crippen LogP contribution in [0.5, 0.6) is 0 Å². The number of carbonyl (C=O) groups is 2. The van der Waals surface area contributed by atoms with Gasteiger partial charge in [0.2, 0.25) is 5.91 Å². The van der Waals surface area contributed by atoms with Crippen LogP contribution >= 0.6 is 0 Å². The molecule has 25 heavy (non-hydrogen) atoms. The fourth-order valence-corrected chi connectivity index (χ4v) is 2.16. The van der Waals surface area contributed by atoms with Crippen molar-refractivity contribution in [3.05, 3.63) is 60.9 Å². The normalized spacial score (nSPS) is 10.1. The van der Waals surface area contributed by atoms with Crippen LogP contribution in [0.3, 0.4) is 0 Å². The summed E-state index contributed by atoms with van der Waals surface area (Å²) < 4.78 is 0. The van der Waals surface area contributed by atoms with Crippen LogP contribution in [0.2, 0.25) is 0 Å². The van der Waals surface area contributed by atoms with E-state index in [0.29, 0.717) is 17.1 Å². The molecule has 3 amide bonds. The Hall–Kier alpha value is -3.68. The van der Waals surface area contributed by atoms with Gasteiger partial charge < -0.3 is 16.0 Å². The lowest BCUT2D eigenvalue weighted by atomic mass is 10.2. The van der Waals surface area contributed by atoms with Crippen LogP contribution in [0.15, 0.2) is 60.9 Å². The van der Waals surface area contributed by atoms with Crippen LogP contribution in [0, 0.1) is 0 Å². The van der Waals surface area contributed by atoms with E-state index in [1.54, 1.807) is 60.9 Å². The molecule has 1 heterocycles. The van der Waals surface area contributed by atoms with E-state index >= 15 is 0 Å². The highest BCUT2D eigenvalue weighted by Crippen LogP contribution is 2.15. The van der Waals surface area contributed by atoms with Crippen molar-refractivity contribution in [1.29, 1.82) is 0 Å². The number of benzene rings is 2. The van der Waals surface area contributed by atoms with Gasteiger partial charge in [-0.3, -0.25) is 4.79 Å². The van der Waals surface area contributed by atoms with Gasteiger partial charge in [-0.1, -0.05) is 0 Å². The minimum atomic E-state index is -0.364. The predicted octanol–water partition coefficient (Wildman–Crippen LogP) is 2.87. The molecule has 0 fully saturated rings. The van der Waals surface area contributed by atoms with Gasteiger partial charge in [-0.2, -0.15) is 15.0 Å².